The number of nitrogens with zero attached hydrogens (tertiary/aromatic N) is 3. The molecule has 6 heteroatoms. The normalized spacial score (nSPS) is 17.8. The van der Waals surface area contributed by atoms with Crippen molar-refractivity contribution in [3.8, 4) is 0 Å². The molecule has 2 aromatic rings. The Bertz CT molecular complexity index is 654. The van der Waals surface area contributed by atoms with Gasteiger partial charge in [-0.3, -0.25) is 9.58 Å². The van der Waals surface area contributed by atoms with E-state index in [0.29, 0.717) is 12.5 Å². The van der Waals surface area contributed by atoms with Gasteiger partial charge in [0.25, 0.3) is 0 Å². The third-order valence-corrected chi connectivity index (χ3v) is 4.38. The van der Waals surface area contributed by atoms with Crippen LogP contribution < -0.4 is 10.6 Å². The van der Waals surface area contributed by atoms with Crippen molar-refractivity contribution in [2.24, 2.45) is 13.0 Å². The number of nitrogens with one attached hydrogen (secondary N) is 2. The van der Waals surface area contributed by atoms with Crippen LogP contribution in [-0.4, -0.2) is 40.3 Å². The summed E-state index contributed by atoms with van der Waals surface area (Å²) in [6.45, 7) is 4.32. The standard InChI is InChI=1S/C18H25N5O/c1-22-12-17(11-21-22)14-23-8-7-16(13-23)10-20-18(24)19-9-15-5-3-2-4-6-15/h2-6,11-12,16H,7-10,13-14H2,1H3,(H2,19,20,24). The van der Waals surface area contributed by atoms with Crippen molar-refractivity contribution in [2.75, 3.05) is 19.6 Å². The van der Waals surface area contributed by atoms with Crippen LogP contribution in [0.15, 0.2) is 42.7 Å². The fourth-order valence-corrected chi connectivity index (χ4v) is 3.11. The first-order valence-corrected chi connectivity index (χ1v) is 8.44. The molecule has 1 aliphatic heterocycles. The van der Waals surface area contributed by atoms with E-state index >= 15 is 0 Å². The number of aryl methyl sites for hydroxylation is 1. The monoisotopic (exact) mass is 327 g/mol. The minimum absolute atomic E-state index is 0.0930. The molecule has 1 atom stereocenters. The molecule has 128 valence electrons. The number of carbonyl (C=O) groups excluding carboxylic acids is 1. The van der Waals surface area contributed by atoms with Crippen LogP contribution in [0.2, 0.25) is 0 Å². The summed E-state index contributed by atoms with van der Waals surface area (Å²) < 4.78 is 1.83. The quantitative estimate of drug-likeness (QED) is 0.849. The SMILES string of the molecule is Cn1cc(CN2CCC(CNC(=O)NCc3ccccc3)C2)cn1. The minimum Gasteiger partial charge on any atom is -0.338 e. The second kappa shape index (κ2) is 7.97. The van der Waals surface area contributed by atoms with E-state index in [4.69, 9.17) is 0 Å². The summed E-state index contributed by atoms with van der Waals surface area (Å²) in [7, 11) is 1.94. The highest BCUT2D eigenvalue weighted by Gasteiger charge is 2.23. The maximum Gasteiger partial charge on any atom is 0.315 e. The molecule has 2 heterocycles. The van der Waals surface area contributed by atoms with Crippen LogP contribution in [0.25, 0.3) is 0 Å². The van der Waals surface area contributed by atoms with Gasteiger partial charge >= 0.3 is 6.03 Å². The van der Waals surface area contributed by atoms with Crippen LogP contribution >= 0.6 is 0 Å². The lowest BCUT2D eigenvalue weighted by Crippen LogP contribution is -2.38. The highest BCUT2D eigenvalue weighted by atomic mass is 16.2. The Kier molecular flexibility index (Phi) is 5.48. The maximum atomic E-state index is 11.9. The van der Waals surface area contributed by atoms with Gasteiger partial charge < -0.3 is 10.6 Å². The molecule has 2 N–H and O–H groups in total. The zero-order valence-electron chi connectivity index (χ0n) is 14.1. The van der Waals surface area contributed by atoms with Gasteiger partial charge in [-0.15, -0.1) is 0 Å². The Balaban J connectivity index is 1.34. The van der Waals surface area contributed by atoms with Crippen molar-refractivity contribution < 1.29 is 4.79 Å². The fourth-order valence-electron chi connectivity index (χ4n) is 3.11. The number of hydrogen-bond donors (Lipinski definition) is 2. The Morgan fingerprint density at radius 3 is 2.83 bits per heavy atom. The van der Waals surface area contributed by atoms with Gasteiger partial charge in [-0.2, -0.15) is 5.10 Å². The molecular formula is C18H25N5O. The molecule has 1 unspecified atom stereocenters. The van der Waals surface area contributed by atoms with Crippen molar-refractivity contribution in [1.82, 2.24) is 25.3 Å². The molecule has 24 heavy (non-hydrogen) atoms. The molecule has 2 amide bonds. The number of likely N-dealkylation sites (tertiary alicyclic amines) is 1. The second-order valence-corrected chi connectivity index (χ2v) is 6.46. The Morgan fingerprint density at radius 1 is 1.25 bits per heavy atom. The molecule has 0 bridgehead atoms. The fraction of sp³-hybridized carbons (Fsp3) is 0.444. The summed E-state index contributed by atoms with van der Waals surface area (Å²) in [5, 5.41) is 10.1. The number of hydrogen-bond acceptors (Lipinski definition) is 3. The first kappa shape index (κ1) is 16.5. The molecule has 0 spiro atoms. The van der Waals surface area contributed by atoms with Gasteiger partial charge in [0.2, 0.25) is 0 Å². The van der Waals surface area contributed by atoms with E-state index in [-0.39, 0.29) is 6.03 Å². The van der Waals surface area contributed by atoms with Crippen molar-refractivity contribution in [3.05, 3.63) is 53.9 Å². The Labute approximate surface area is 142 Å². The molecule has 1 fully saturated rings. The third-order valence-electron chi connectivity index (χ3n) is 4.38. The number of rotatable bonds is 6. The summed E-state index contributed by atoms with van der Waals surface area (Å²) in [6.07, 6.45) is 5.10. The van der Waals surface area contributed by atoms with Crippen molar-refractivity contribution >= 4 is 6.03 Å². The van der Waals surface area contributed by atoms with Gasteiger partial charge in [-0.25, -0.2) is 4.79 Å². The smallest absolute Gasteiger partial charge is 0.315 e. The zero-order chi connectivity index (χ0) is 16.8. The van der Waals surface area contributed by atoms with Crippen LogP contribution in [0.4, 0.5) is 4.79 Å². The Morgan fingerprint density at radius 2 is 2.08 bits per heavy atom. The van der Waals surface area contributed by atoms with Gasteiger partial charge in [-0.05, 0) is 24.4 Å². The highest BCUT2D eigenvalue weighted by Crippen LogP contribution is 2.17. The average Bonchev–Trinajstić information content (AvgIpc) is 3.21. The molecule has 1 aromatic heterocycles. The maximum absolute atomic E-state index is 11.9. The summed E-state index contributed by atoms with van der Waals surface area (Å²) in [6, 6.07) is 9.85. The van der Waals surface area contributed by atoms with E-state index in [1.54, 1.807) is 0 Å². The number of benzene rings is 1. The number of carbonyl (C=O) groups is 1. The lowest BCUT2D eigenvalue weighted by molar-refractivity contribution is 0.238. The summed E-state index contributed by atoms with van der Waals surface area (Å²) in [5.41, 5.74) is 2.35. The molecule has 0 radical (unpaired) electrons. The molecule has 0 saturated carbocycles. The largest absolute Gasteiger partial charge is 0.338 e. The summed E-state index contributed by atoms with van der Waals surface area (Å²) in [5.74, 6) is 0.518. The van der Waals surface area contributed by atoms with Crippen molar-refractivity contribution in [2.45, 2.75) is 19.5 Å². The van der Waals surface area contributed by atoms with Crippen LogP contribution in [0.5, 0.6) is 0 Å². The zero-order valence-corrected chi connectivity index (χ0v) is 14.1. The minimum atomic E-state index is -0.0930. The van der Waals surface area contributed by atoms with Gasteiger partial charge in [0.1, 0.15) is 0 Å². The first-order chi connectivity index (χ1) is 11.7. The predicted molar refractivity (Wildman–Crippen MR) is 93.3 cm³/mol. The molecule has 1 aliphatic rings. The van der Waals surface area contributed by atoms with Crippen LogP contribution in [0, 0.1) is 5.92 Å². The molecule has 1 aromatic carbocycles. The van der Waals surface area contributed by atoms with E-state index in [1.165, 1.54) is 5.56 Å². The molecule has 6 nitrogen and oxygen atoms in total. The van der Waals surface area contributed by atoms with Gasteiger partial charge in [0.15, 0.2) is 0 Å². The summed E-state index contributed by atoms with van der Waals surface area (Å²) in [4.78, 5) is 14.3. The van der Waals surface area contributed by atoms with Crippen LogP contribution in [0.3, 0.4) is 0 Å². The lowest BCUT2D eigenvalue weighted by Gasteiger charge is -2.15. The average molecular weight is 327 g/mol. The van der Waals surface area contributed by atoms with Crippen LogP contribution in [-0.2, 0) is 20.1 Å². The molecule has 3 rings (SSSR count). The Hall–Kier alpha value is -2.34. The van der Waals surface area contributed by atoms with E-state index in [1.807, 2.05) is 48.3 Å². The lowest BCUT2D eigenvalue weighted by atomic mass is 10.1. The first-order valence-electron chi connectivity index (χ1n) is 8.44. The number of aromatic nitrogens is 2. The molecule has 0 aliphatic carbocycles. The summed E-state index contributed by atoms with van der Waals surface area (Å²) >= 11 is 0. The van der Waals surface area contributed by atoms with E-state index in [0.717, 1.165) is 38.2 Å². The van der Waals surface area contributed by atoms with Gasteiger partial charge in [0.05, 0.1) is 6.20 Å². The van der Waals surface area contributed by atoms with E-state index in [9.17, 15) is 4.79 Å². The predicted octanol–water partition coefficient (Wildman–Crippen LogP) is 1.74. The van der Waals surface area contributed by atoms with Crippen molar-refractivity contribution in [1.29, 1.82) is 0 Å². The second-order valence-electron chi connectivity index (χ2n) is 6.46. The van der Waals surface area contributed by atoms with Crippen LogP contribution in [0.1, 0.15) is 17.5 Å². The van der Waals surface area contributed by atoms with E-state index in [2.05, 4.69) is 26.8 Å². The number of amides is 2. The molecule has 1 saturated heterocycles. The number of urea groups is 1. The third kappa shape index (κ3) is 4.83. The topological polar surface area (TPSA) is 62.2 Å². The van der Waals surface area contributed by atoms with Crippen molar-refractivity contribution in [3.63, 3.8) is 0 Å². The molecular weight excluding hydrogens is 302 g/mol. The van der Waals surface area contributed by atoms with Gasteiger partial charge in [-0.1, -0.05) is 30.3 Å². The highest BCUT2D eigenvalue weighted by molar-refractivity contribution is 5.73. The van der Waals surface area contributed by atoms with E-state index < -0.39 is 0 Å². The van der Waals surface area contributed by atoms with Gasteiger partial charge in [0, 0.05) is 45.0 Å².